The quantitative estimate of drug-likeness (QED) is 0.218. The van der Waals surface area contributed by atoms with Crippen LogP contribution in [0.3, 0.4) is 0 Å². The number of aliphatic hydroxyl groups excluding tert-OH is 1. The molecule has 0 aromatic heterocycles. The molecule has 0 unspecified atom stereocenters. The Balaban J connectivity index is 1.61. The molecule has 0 bridgehead atoms. The molecule has 0 radical (unpaired) electrons. The number of ether oxygens (including phenoxy) is 2. The molecule has 0 aliphatic carbocycles. The second-order valence-corrected chi connectivity index (χ2v) is 15.7. The van der Waals surface area contributed by atoms with Crippen LogP contribution in [-0.4, -0.2) is 20.2 Å². The summed E-state index contributed by atoms with van der Waals surface area (Å²) in [6, 6.07) is 33.3. The van der Waals surface area contributed by atoms with Crippen LogP contribution in [0.25, 0.3) is 21.9 Å². The highest BCUT2D eigenvalue weighted by Crippen LogP contribution is 2.47. The van der Waals surface area contributed by atoms with E-state index in [2.05, 4.69) is 69.3 Å². The van der Waals surface area contributed by atoms with Gasteiger partial charge in [-0.05, 0) is 67.3 Å². The number of hydrogen-bond donors (Lipinski definition) is 1. The molecule has 5 aromatic carbocycles. The molecule has 41 heavy (non-hydrogen) atoms. The van der Waals surface area contributed by atoms with Gasteiger partial charge in [0.2, 0.25) is 6.79 Å². The SMILES string of the molecule is CC(C)(C)[Si](OCc1c(CO)cc2ccc3c(c2c1-c1ccc(F)cc1)OCO3)(c1ccccc1)c1ccccc1. The second kappa shape index (κ2) is 10.8. The predicted molar refractivity (Wildman–Crippen MR) is 164 cm³/mol. The number of aliphatic hydroxyl groups is 1. The van der Waals surface area contributed by atoms with Crippen molar-refractivity contribution in [2.24, 2.45) is 0 Å². The summed E-state index contributed by atoms with van der Waals surface area (Å²) in [6.45, 7) is 6.93. The zero-order valence-electron chi connectivity index (χ0n) is 23.5. The average Bonchev–Trinajstić information content (AvgIpc) is 3.47. The lowest BCUT2D eigenvalue weighted by atomic mass is 9.89. The topological polar surface area (TPSA) is 47.9 Å². The third kappa shape index (κ3) is 4.72. The average molecular weight is 565 g/mol. The molecule has 1 N–H and O–H groups in total. The molecule has 1 aliphatic heterocycles. The number of hydrogen-bond acceptors (Lipinski definition) is 4. The maximum Gasteiger partial charge on any atom is 0.261 e. The monoisotopic (exact) mass is 564 g/mol. The van der Waals surface area contributed by atoms with E-state index in [9.17, 15) is 9.50 Å². The third-order valence-corrected chi connectivity index (χ3v) is 13.0. The normalized spacial score (nSPS) is 13.1. The fourth-order valence-corrected chi connectivity index (χ4v) is 10.7. The number of fused-ring (bicyclic) bond motifs is 3. The van der Waals surface area contributed by atoms with Crippen molar-refractivity contribution in [3.05, 3.63) is 120 Å². The van der Waals surface area contributed by atoms with Crippen LogP contribution < -0.4 is 19.8 Å². The lowest BCUT2D eigenvalue weighted by Gasteiger charge is -2.43. The maximum atomic E-state index is 14.1. The Morgan fingerprint density at radius 1 is 0.829 bits per heavy atom. The Hall–Kier alpha value is -3.97. The van der Waals surface area contributed by atoms with Crippen LogP contribution in [0, 0.1) is 5.82 Å². The minimum Gasteiger partial charge on any atom is -0.454 e. The minimum atomic E-state index is -2.89. The van der Waals surface area contributed by atoms with Gasteiger partial charge < -0.3 is 19.0 Å². The summed E-state index contributed by atoms with van der Waals surface area (Å²) in [7, 11) is -2.89. The van der Waals surface area contributed by atoms with Gasteiger partial charge in [0.05, 0.1) is 13.2 Å². The molecule has 0 fully saturated rings. The van der Waals surface area contributed by atoms with Crippen molar-refractivity contribution in [2.45, 2.75) is 39.0 Å². The Labute approximate surface area is 241 Å². The van der Waals surface area contributed by atoms with E-state index >= 15 is 0 Å². The number of halogens is 1. The Morgan fingerprint density at radius 3 is 2.05 bits per heavy atom. The first-order chi connectivity index (χ1) is 19.8. The van der Waals surface area contributed by atoms with E-state index in [1.165, 1.54) is 22.5 Å². The van der Waals surface area contributed by atoms with E-state index in [-0.39, 0.29) is 30.9 Å². The molecule has 0 amide bonds. The summed E-state index contributed by atoms with van der Waals surface area (Å²) in [5.74, 6) is 1.00. The molecule has 1 heterocycles. The van der Waals surface area contributed by atoms with Gasteiger partial charge in [0.1, 0.15) is 5.82 Å². The van der Waals surface area contributed by atoms with Crippen molar-refractivity contribution in [3.63, 3.8) is 0 Å². The largest absolute Gasteiger partial charge is 0.454 e. The second-order valence-electron chi connectivity index (χ2n) is 11.4. The molecule has 5 aromatic rings. The first kappa shape index (κ1) is 27.2. The van der Waals surface area contributed by atoms with Gasteiger partial charge >= 0.3 is 0 Å². The molecule has 0 saturated carbocycles. The van der Waals surface area contributed by atoms with Crippen molar-refractivity contribution in [1.29, 1.82) is 0 Å². The Morgan fingerprint density at radius 2 is 1.46 bits per heavy atom. The van der Waals surface area contributed by atoms with E-state index in [4.69, 9.17) is 13.9 Å². The maximum absolute atomic E-state index is 14.1. The summed E-state index contributed by atoms with van der Waals surface area (Å²) in [4.78, 5) is 0. The molecule has 208 valence electrons. The lowest BCUT2D eigenvalue weighted by Crippen LogP contribution is -2.66. The van der Waals surface area contributed by atoms with Crippen molar-refractivity contribution in [2.75, 3.05) is 6.79 Å². The highest BCUT2D eigenvalue weighted by atomic mass is 28.4. The van der Waals surface area contributed by atoms with Gasteiger partial charge in [0.25, 0.3) is 8.32 Å². The van der Waals surface area contributed by atoms with Gasteiger partial charge in [0, 0.05) is 5.39 Å². The minimum absolute atomic E-state index is 0.132. The number of rotatable bonds is 7. The molecule has 0 spiro atoms. The lowest BCUT2D eigenvalue weighted by molar-refractivity contribution is 0.175. The van der Waals surface area contributed by atoms with Gasteiger partial charge in [-0.1, -0.05) is 99.6 Å². The highest BCUT2D eigenvalue weighted by Gasteiger charge is 2.50. The van der Waals surface area contributed by atoms with Crippen molar-refractivity contribution in [3.8, 4) is 22.6 Å². The smallest absolute Gasteiger partial charge is 0.261 e. The summed E-state index contributed by atoms with van der Waals surface area (Å²) in [5, 5.41) is 14.5. The molecule has 6 heteroatoms. The van der Waals surface area contributed by atoms with E-state index in [0.717, 1.165) is 33.0 Å². The van der Waals surface area contributed by atoms with Crippen LogP contribution in [0.15, 0.2) is 103 Å². The first-order valence-electron chi connectivity index (χ1n) is 13.8. The van der Waals surface area contributed by atoms with Gasteiger partial charge in [-0.2, -0.15) is 0 Å². The van der Waals surface area contributed by atoms with Crippen LogP contribution in [0.2, 0.25) is 5.04 Å². The fraction of sp³-hybridized carbons (Fsp3) is 0.200. The van der Waals surface area contributed by atoms with Crippen molar-refractivity contribution >= 4 is 29.5 Å². The third-order valence-electron chi connectivity index (χ3n) is 7.99. The van der Waals surface area contributed by atoms with E-state index in [1.807, 2.05) is 30.3 Å². The Kier molecular flexibility index (Phi) is 7.16. The zero-order valence-corrected chi connectivity index (χ0v) is 24.5. The molecule has 4 nitrogen and oxygen atoms in total. The predicted octanol–water partition coefficient (Wildman–Crippen LogP) is 6.94. The van der Waals surface area contributed by atoms with Crippen molar-refractivity contribution in [1.82, 2.24) is 0 Å². The van der Waals surface area contributed by atoms with Crippen LogP contribution in [0.4, 0.5) is 4.39 Å². The zero-order chi connectivity index (χ0) is 28.6. The number of benzene rings is 5. The van der Waals surface area contributed by atoms with Crippen LogP contribution in [-0.2, 0) is 17.6 Å². The van der Waals surface area contributed by atoms with Crippen molar-refractivity contribution < 1.29 is 23.4 Å². The first-order valence-corrected chi connectivity index (χ1v) is 15.7. The molecule has 0 atom stereocenters. The van der Waals surface area contributed by atoms with Crippen LogP contribution in [0.5, 0.6) is 11.5 Å². The standard InChI is InChI=1S/C35H33FO4Si/c1-35(2,3)41(28-10-6-4-7-11-28,29-12-8-5-9-13-29)40-22-30-26(21-37)20-25-16-19-31-34(39-23-38-31)33(25)32(30)24-14-17-27(36)18-15-24/h4-20,37H,21-23H2,1-3H3. The summed E-state index contributed by atoms with van der Waals surface area (Å²) in [5.41, 5.74) is 3.28. The van der Waals surface area contributed by atoms with Crippen LogP contribution in [0.1, 0.15) is 31.9 Å². The van der Waals surface area contributed by atoms with E-state index < -0.39 is 8.32 Å². The fourth-order valence-electron chi connectivity index (χ4n) is 6.14. The van der Waals surface area contributed by atoms with E-state index in [1.54, 1.807) is 12.1 Å². The molecule has 6 rings (SSSR count). The molecular weight excluding hydrogens is 531 g/mol. The van der Waals surface area contributed by atoms with Gasteiger partial charge in [-0.15, -0.1) is 0 Å². The van der Waals surface area contributed by atoms with E-state index in [0.29, 0.717) is 11.5 Å². The van der Waals surface area contributed by atoms with Gasteiger partial charge in [-0.25, -0.2) is 4.39 Å². The van der Waals surface area contributed by atoms with Gasteiger partial charge in [0.15, 0.2) is 11.5 Å². The molecule has 0 saturated heterocycles. The molecular formula is C35H33FO4Si. The van der Waals surface area contributed by atoms with Gasteiger partial charge in [-0.3, -0.25) is 0 Å². The summed E-state index contributed by atoms with van der Waals surface area (Å²) >= 11 is 0. The van der Waals surface area contributed by atoms with Crippen LogP contribution >= 0.6 is 0 Å². The Bertz CT molecular complexity index is 1640. The highest BCUT2D eigenvalue weighted by molar-refractivity contribution is 6.99. The molecule has 1 aliphatic rings. The summed E-state index contributed by atoms with van der Waals surface area (Å²) < 4.78 is 33.1. The summed E-state index contributed by atoms with van der Waals surface area (Å²) in [6.07, 6.45) is 0.